The van der Waals surface area contributed by atoms with Gasteiger partial charge < -0.3 is 8.98 Å². The van der Waals surface area contributed by atoms with Crippen molar-refractivity contribution in [2.75, 3.05) is 0 Å². The summed E-state index contributed by atoms with van der Waals surface area (Å²) in [6.07, 6.45) is 0. The van der Waals surface area contributed by atoms with Crippen molar-refractivity contribution in [2.45, 2.75) is 0 Å². The lowest BCUT2D eigenvalue weighted by atomic mass is 9.97. The summed E-state index contributed by atoms with van der Waals surface area (Å²) in [5.41, 5.74) is 10.1. The van der Waals surface area contributed by atoms with E-state index in [0.717, 1.165) is 49.8 Å². The van der Waals surface area contributed by atoms with Gasteiger partial charge in [-0.1, -0.05) is 152 Å². The molecule has 0 spiro atoms. The average Bonchev–Trinajstić information content (AvgIpc) is 4.01. The first-order valence-electron chi connectivity index (χ1n) is 20.4. The van der Waals surface area contributed by atoms with Crippen molar-refractivity contribution in [3.05, 3.63) is 194 Å². The van der Waals surface area contributed by atoms with E-state index in [-0.39, 0.29) is 0 Å². The molecule has 61 heavy (non-hydrogen) atoms. The molecule has 0 atom stereocenters. The van der Waals surface area contributed by atoms with Crippen LogP contribution in [-0.2, 0) is 0 Å². The molecule has 0 radical (unpaired) electrons. The summed E-state index contributed by atoms with van der Waals surface area (Å²) < 4.78 is 11.4. The van der Waals surface area contributed by atoms with E-state index in [1.54, 1.807) is 0 Å². The molecule has 284 valence electrons. The zero-order chi connectivity index (χ0) is 40.0. The summed E-state index contributed by atoms with van der Waals surface area (Å²) in [6.45, 7) is 0. The van der Waals surface area contributed by atoms with Crippen LogP contribution in [0.5, 0.6) is 0 Å². The van der Waals surface area contributed by atoms with E-state index in [1.165, 1.54) is 58.4 Å². The Hall–Kier alpha value is -7.93. The lowest BCUT2D eigenvalue weighted by Crippen LogP contribution is -2.01. The number of para-hydroxylation sites is 2. The maximum Gasteiger partial charge on any atom is 0.164 e. The Bertz CT molecular complexity index is 3900. The van der Waals surface area contributed by atoms with Crippen LogP contribution in [0.15, 0.2) is 199 Å². The Kier molecular flexibility index (Phi) is 7.41. The maximum absolute atomic E-state index is 6.31. The minimum Gasteiger partial charge on any atom is -0.456 e. The summed E-state index contributed by atoms with van der Waals surface area (Å²) in [5.74, 6) is 1.78. The van der Waals surface area contributed by atoms with Gasteiger partial charge in [-0.3, -0.25) is 0 Å². The summed E-state index contributed by atoms with van der Waals surface area (Å²) >= 11 is 1.85. The predicted octanol–water partition coefficient (Wildman–Crippen LogP) is 15.1. The van der Waals surface area contributed by atoms with E-state index in [9.17, 15) is 0 Å². The standard InChI is InChI=1S/C55H32N4OS/c1-2-14-34(15-3-1)53-56-54(58-55(57-53)36-28-29-40-39-19-6-8-24-46(39)60-47(40)32-36)35-16-10-17-37(31-35)59-51-38-18-5-4-13-33(38)27-30-44(51)43-23-11-22-42(52(43)59)41-21-12-26-49-50(41)45-20-7-9-25-48(45)61-49/h1-32H. The summed E-state index contributed by atoms with van der Waals surface area (Å²) in [6, 6.07) is 68.6. The second-order valence-electron chi connectivity index (χ2n) is 15.5. The molecule has 0 amide bonds. The van der Waals surface area contributed by atoms with Gasteiger partial charge in [-0.2, -0.15) is 0 Å². The van der Waals surface area contributed by atoms with Crippen molar-refractivity contribution in [3.8, 4) is 51.0 Å². The first-order valence-corrected chi connectivity index (χ1v) is 21.2. The van der Waals surface area contributed by atoms with Gasteiger partial charge in [0, 0.05) is 75.0 Å². The highest BCUT2D eigenvalue weighted by Crippen LogP contribution is 2.45. The fourth-order valence-electron chi connectivity index (χ4n) is 9.30. The molecule has 0 unspecified atom stereocenters. The van der Waals surface area contributed by atoms with Gasteiger partial charge in [0.25, 0.3) is 0 Å². The molecule has 4 heterocycles. The van der Waals surface area contributed by atoms with Gasteiger partial charge in [-0.25, -0.2) is 15.0 Å². The summed E-state index contributed by atoms with van der Waals surface area (Å²) in [7, 11) is 0. The smallest absolute Gasteiger partial charge is 0.164 e. The van der Waals surface area contributed by atoms with Gasteiger partial charge in [-0.15, -0.1) is 11.3 Å². The molecule has 0 aliphatic carbocycles. The first kappa shape index (κ1) is 34.0. The number of hydrogen-bond donors (Lipinski definition) is 0. The minimum absolute atomic E-state index is 0.581. The zero-order valence-electron chi connectivity index (χ0n) is 32.6. The van der Waals surface area contributed by atoms with Crippen molar-refractivity contribution in [1.82, 2.24) is 19.5 Å². The lowest BCUT2D eigenvalue weighted by Gasteiger charge is -2.15. The molecular weight excluding hydrogens is 765 g/mol. The van der Waals surface area contributed by atoms with E-state index in [2.05, 4.69) is 144 Å². The highest BCUT2D eigenvalue weighted by molar-refractivity contribution is 7.25. The van der Waals surface area contributed by atoms with Crippen LogP contribution in [0.25, 0.3) is 126 Å². The third-order valence-electron chi connectivity index (χ3n) is 12.0. The van der Waals surface area contributed by atoms with Crippen LogP contribution in [0, 0.1) is 0 Å². The van der Waals surface area contributed by atoms with Crippen LogP contribution in [-0.4, -0.2) is 19.5 Å². The van der Waals surface area contributed by atoms with Gasteiger partial charge >= 0.3 is 0 Å². The molecule has 0 fully saturated rings. The van der Waals surface area contributed by atoms with Crippen LogP contribution in [0.4, 0.5) is 0 Å². The van der Waals surface area contributed by atoms with Crippen molar-refractivity contribution in [2.24, 2.45) is 0 Å². The van der Waals surface area contributed by atoms with Gasteiger partial charge in [-0.05, 0) is 53.4 Å². The predicted molar refractivity (Wildman–Crippen MR) is 254 cm³/mol. The minimum atomic E-state index is 0.581. The van der Waals surface area contributed by atoms with Crippen LogP contribution in [0.3, 0.4) is 0 Å². The van der Waals surface area contributed by atoms with Gasteiger partial charge in [0.05, 0.1) is 11.0 Å². The van der Waals surface area contributed by atoms with Crippen molar-refractivity contribution in [1.29, 1.82) is 0 Å². The third-order valence-corrected chi connectivity index (χ3v) is 13.2. The van der Waals surface area contributed by atoms with E-state index in [4.69, 9.17) is 19.4 Å². The summed E-state index contributed by atoms with van der Waals surface area (Å²) in [5, 5.41) is 9.52. The van der Waals surface area contributed by atoms with E-state index in [0.29, 0.717) is 17.5 Å². The molecule has 0 N–H and O–H groups in total. The van der Waals surface area contributed by atoms with E-state index < -0.39 is 0 Å². The maximum atomic E-state index is 6.31. The highest BCUT2D eigenvalue weighted by atomic mass is 32.1. The Labute approximate surface area is 353 Å². The molecule has 0 bridgehead atoms. The first-order chi connectivity index (χ1) is 30.2. The molecular formula is C55H32N4OS. The number of rotatable bonds is 5. The van der Waals surface area contributed by atoms with Gasteiger partial charge in [0.1, 0.15) is 11.2 Å². The van der Waals surface area contributed by atoms with Gasteiger partial charge in [0.2, 0.25) is 0 Å². The second kappa shape index (κ2) is 13.3. The number of fused-ring (bicyclic) bond motifs is 11. The zero-order valence-corrected chi connectivity index (χ0v) is 33.4. The van der Waals surface area contributed by atoms with Crippen LogP contribution in [0.2, 0.25) is 0 Å². The molecule has 4 aromatic heterocycles. The number of hydrogen-bond acceptors (Lipinski definition) is 5. The van der Waals surface area contributed by atoms with E-state index in [1.807, 2.05) is 65.9 Å². The molecule has 6 heteroatoms. The van der Waals surface area contributed by atoms with Gasteiger partial charge in [0.15, 0.2) is 17.5 Å². The topological polar surface area (TPSA) is 56.7 Å². The molecule has 0 aliphatic heterocycles. The monoisotopic (exact) mass is 796 g/mol. The molecule has 13 rings (SSSR count). The van der Waals surface area contributed by atoms with Crippen molar-refractivity contribution < 1.29 is 4.42 Å². The molecule has 13 aromatic rings. The Morgan fingerprint density at radius 3 is 1.87 bits per heavy atom. The number of nitrogens with zero attached hydrogens (tertiary/aromatic N) is 4. The number of benzene rings is 9. The largest absolute Gasteiger partial charge is 0.456 e. The number of aromatic nitrogens is 4. The average molecular weight is 797 g/mol. The fourth-order valence-corrected chi connectivity index (χ4v) is 10.4. The van der Waals surface area contributed by atoms with Crippen LogP contribution in [0.1, 0.15) is 0 Å². The quantitative estimate of drug-likeness (QED) is 0.174. The van der Waals surface area contributed by atoms with Crippen molar-refractivity contribution in [3.63, 3.8) is 0 Å². The SMILES string of the molecule is c1ccc(-c2nc(-c3cccc(-n4c5c(-c6cccc7sc8ccccc8c67)cccc5c5ccc6ccccc6c54)c3)nc(-c3ccc4c(c3)oc3ccccc34)n2)cc1. The van der Waals surface area contributed by atoms with Crippen LogP contribution < -0.4 is 0 Å². The molecule has 0 aliphatic rings. The summed E-state index contributed by atoms with van der Waals surface area (Å²) in [4.78, 5) is 15.4. The second-order valence-corrected chi connectivity index (χ2v) is 16.6. The number of thiophene rings is 1. The molecule has 5 nitrogen and oxygen atoms in total. The normalized spacial score (nSPS) is 11.9. The molecule has 0 saturated carbocycles. The van der Waals surface area contributed by atoms with E-state index >= 15 is 0 Å². The molecule has 0 saturated heterocycles. The Morgan fingerprint density at radius 2 is 0.984 bits per heavy atom. The fraction of sp³-hybridized carbons (Fsp3) is 0. The third kappa shape index (κ3) is 5.29. The molecule has 9 aromatic carbocycles. The number of furan rings is 1. The Balaban J connectivity index is 1.06. The van der Waals surface area contributed by atoms with Crippen LogP contribution >= 0.6 is 11.3 Å². The lowest BCUT2D eigenvalue weighted by molar-refractivity contribution is 0.669. The van der Waals surface area contributed by atoms with Crippen molar-refractivity contribution >= 4 is 86.0 Å². The highest BCUT2D eigenvalue weighted by Gasteiger charge is 2.22. The Morgan fingerprint density at radius 1 is 0.377 bits per heavy atom.